The highest BCUT2D eigenvalue weighted by Gasteiger charge is 2.46. The molecule has 0 aliphatic heterocycles. The summed E-state index contributed by atoms with van der Waals surface area (Å²) in [6, 6.07) is 2.55. The standard InChI is InChI=1S/C11H8F3N3O3/c1-19-8-6-16-20-10(8)17(11(12,13)14)9(18)7-3-2-4-15-5-7/h2-6H,1H3. The monoisotopic (exact) mass is 287 g/mol. The van der Waals surface area contributed by atoms with E-state index in [2.05, 4.69) is 19.4 Å². The van der Waals surface area contributed by atoms with Crippen LogP contribution < -0.4 is 9.64 Å². The number of rotatable bonds is 3. The number of alkyl halides is 3. The molecule has 2 rings (SSSR count). The number of carbonyl (C=O) groups is 1. The number of nitrogens with zero attached hydrogens (tertiary/aromatic N) is 3. The molecular weight excluding hydrogens is 279 g/mol. The molecule has 0 atom stereocenters. The molecular formula is C11H8F3N3O3. The van der Waals surface area contributed by atoms with Gasteiger partial charge in [-0.25, -0.2) is 0 Å². The van der Waals surface area contributed by atoms with Gasteiger partial charge in [-0.2, -0.15) is 4.90 Å². The minimum Gasteiger partial charge on any atom is -0.490 e. The molecule has 20 heavy (non-hydrogen) atoms. The predicted molar refractivity (Wildman–Crippen MR) is 60.2 cm³/mol. The molecule has 1 amide bonds. The lowest BCUT2D eigenvalue weighted by atomic mass is 10.2. The van der Waals surface area contributed by atoms with Gasteiger partial charge < -0.3 is 9.26 Å². The average Bonchev–Trinajstić information content (AvgIpc) is 2.86. The molecule has 0 unspecified atom stereocenters. The number of methoxy groups -OCH3 is 1. The summed E-state index contributed by atoms with van der Waals surface area (Å²) in [6.45, 7) is 0. The third kappa shape index (κ3) is 2.56. The van der Waals surface area contributed by atoms with Crippen LogP contribution in [0.15, 0.2) is 35.2 Å². The molecule has 2 aromatic heterocycles. The van der Waals surface area contributed by atoms with Gasteiger partial charge >= 0.3 is 6.30 Å². The fraction of sp³-hybridized carbons (Fsp3) is 0.182. The normalized spacial score (nSPS) is 11.2. The fourth-order valence-corrected chi connectivity index (χ4v) is 1.46. The molecule has 2 heterocycles. The zero-order valence-corrected chi connectivity index (χ0v) is 10.1. The van der Waals surface area contributed by atoms with E-state index in [0.29, 0.717) is 0 Å². The van der Waals surface area contributed by atoms with Gasteiger partial charge in [-0.1, -0.05) is 5.16 Å². The van der Waals surface area contributed by atoms with E-state index in [4.69, 9.17) is 0 Å². The Morgan fingerprint density at radius 3 is 2.70 bits per heavy atom. The van der Waals surface area contributed by atoms with E-state index in [0.717, 1.165) is 19.5 Å². The van der Waals surface area contributed by atoms with E-state index in [1.54, 1.807) is 0 Å². The molecule has 0 saturated carbocycles. The molecule has 6 nitrogen and oxygen atoms in total. The number of amides is 1. The molecule has 2 aromatic rings. The van der Waals surface area contributed by atoms with Crippen molar-refractivity contribution < 1.29 is 27.2 Å². The lowest BCUT2D eigenvalue weighted by molar-refractivity contribution is -0.124. The van der Waals surface area contributed by atoms with Gasteiger partial charge in [0.1, 0.15) is 6.20 Å². The molecule has 0 aliphatic carbocycles. The Hall–Kier alpha value is -2.58. The number of hydrogen-bond donors (Lipinski definition) is 0. The first-order chi connectivity index (χ1) is 9.45. The second-order valence-corrected chi connectivity index (χ2v) is 3.55. The van der Waals surface area contributed by atoms with Crippen LogP contribution in [0.4, 0.5) is 19.1 Å². The molecule has 0 aromatic carbocycles. The van der Waals surface area contributed by atoms with E-state index < -0.39 is 23.0 Å². The Kier molecular flexibility index (Phi) is 3.59. The minimum atomic E-state index is -5.00. The molecule has 0 radical (unpaired) electrons. The summed E-state index contributed by atoms with van der Waals surface area (Å²) in [5.74, 6) is -2.49. The van der Waals surface area contributed by atoms with Gasteiger partial charge in [-0.3, -0.25) is 9.78 Å². The minimum absolute atomic E-state index is 0.247. The summed E-state index contributed by atoms with van der Waals surface area (Å²) in [6.07, 6.45) is -1.71. The number of halogens is 3. The van der Waals surface area contributed by atoms with Gasteiger partial charge in [0.2, 0.25) is 5.75 Å². The molecule has 9 heteroatoms. The summed E-state index contributed by atoms with van der Waals surface area (Å²) in [5.41, 5.74) is -0.247. The molecule has 0 N–H and O–H groups in total. The summed E-state index contributed by atoms with van der Waals surface area (Å²) < 4.78 is 48.4. The Morgan fingerprint density at radius 1 is 1.40 bits per heavy atom. The van der Waals surface area contributed by atoms with Gasteiger partial charge in [0.05, 0.1) is 12.7 Å². The van der Waals surface area contributed by atoms with Crippen molar-refractivity contribution in [2.24, 2.45) is 0 Å². The van der Waals surface area contributed by atoms with Gasteiger partial charge in [0.15, 0.2) is 0 Å². The predicted octanol–water partition coefficient (Wildman–Crippen LogP) is 2.24. The van der Waals surface area contributed by atoms with Crippen molar-refractivity contribution in [1.82, 2.24) is 10.1 Å². The largest absolute Gasteiger partial charge is 0.494 e. The van der Waals surface area contributed by atoms with Gasteiger partial charge in [-0.15, -0.1) is 13.2 Å². The first kappa shape index (κ1) is 13.8. The number of ether oxygens (including phenoxy) is 1. The van der Waals surface area contributed by atoms with Gasteiger partial charge in [0, 0.05) is 12.4 Å². The highest BCUT2D eigenvalue weighted by molar-refractivity contribution is 6.06. The van der Waals surface area contributed by atoms with E-state index in [1.807, 2.05) is 0 Å². The number of anilines is 1. The van der Waals surface area contributed by atoms with Crippen LogP contribution >= 0.6 is 0 Å². The van der Waals surface area contributed by atoms with Crippen molar-refractivity contribution in [3.8, 4) is 5.75 Å². The molecule has 0 aliphatic rings. The zero-order chi connectivity index (χ0) is 14.8. The molecule has 106 valence electrons. The first-order valence-electron chi connectivity index (χ1n) is 5.25. The first-order valence-corrected chi connectivity index (χ1v) is 5.25. The van der Waals surface area contributed by atoms with Crippen molar-refractivity contribution in [3.63, 3.8) is 0 Å². The van der Waals surface area contributed by atoms with E-state index in [-0.39, 0.29) is 11.3 Å². The summed E-state index contributed by atoms with van der Waals surface area (Å²) in [5, 5.41) is 3.19. The Bertz CT molecular complexity index is 598. The Morgan fingerprint density at radius 2 is 2.15 bits per heavy atom. The average molecular weight is 287 g/mol. The van der Waals surface area contributed by atoms with Crippen LogP contribution in [0.3, 0.4) is 0 Å². The van der Waals surface area contributed by atoms with Crippen molar-refractivity contribution in [1.29, 1.82) is 0 Å². The third-order valence-electron chi connectivity index (χ3n) is 2.31. The van der Waals surface area contributed by atoms with Crippen LogP contribution in [0, 0.1) is 0 Å². The molecule has 0 bridgehead atoms. The van der Waals surface area contributed by atoms with Crippen molar-refractivity contribution in [2.75, 3.05) is 12.0 Å². The molecule has 0 spiro atoms. The van der Waals surface area contributed by atoms with Crippen molar-refractivity contribution >= 4 is 11.8 Å². The quantitative estimate of drug-likeness (QED) is 0.810. The Balaban J connectivity index is 2.47. The van der Waals surface area contributed by atoms with Gasteiger partial charge in [-0.05, 0) is 12.1 Å². The number of aromatic nitrogens is 2. The van der Waals surface area contributed by atoms with Crippen LogP contribution in [-0.2, 0) is 0 Å². The van der Waals surface area contributed by atoms with E-state index in [1.165, 1.54) is 18.3 Å². The van der Waals surface area contributed by atoms with Crippen molar-refractivity contribution in [2.45, 2.75) is 6.30 Å². The Labute approximate surface area is 110 Å². The van der Waals surface area contributed by atoms with Gasteiger partial charge in [0.25, 0.3) is 11.8 Å². The number of carbonyl (C=O) groups excluding carboxylic acids is 1. The smallest absolute Gasteiger partial charge is 0.490 e. The lowest BCUT2D eigenvalue weighted by Gasteiger charge is -2.22. The van der Waals surface area contributed by atoms with E-state index >= 15 is 0 Å². The lowest BCUT2D eigenvalue weighted by Crippen LogP contribution is -2.43. The SMILES string of the molecule is COc1cnoc1N(C(=O)c1cccnc1)C(F)(F)F. The molecule has 0 saturated heterocycles. The van der Waals surface area contributed by atoms with Crippen molar-refractivity contribution in [3.05, 3.63) is 36.3 Å². The summed E-state index contributed by atoms with van der Waals surface area (Å²) >= 11 is 0. The fourth-order valence-electron chi connectivity index (χ4n) is 1.46. The maximum absolute atomic E-state index is 13.1. The molecule has 0 fully saturated rings. The van der Waals surface area contributed by atoms with Crippen LogP contribution in [0.5, 0.6) is 5.75 Å². The second kappa shape index (κ2) is 5.19. The maximum Gasteiger partial charge on any atom is 0.494 e. The number of pyridine rings is 1. The highest BCUT2D eigenvalue weighted by atomic mass is 19.4. The number of hydrogen-bond acceptors (Lipinski definition) is 5. The summed E-state index contributed by atoms with van der Waals surface area (Å²) in [4.78, 5) is 15.1. The van der Waals surface area contributed by atoms with Crippen LogP contribution in [-0.4, -0.2) is 29.5 Å². The highest BCUT2D eigenvalue weighted by Crippen LogP contribution is 2.36. The van der Waals surface area contributed by atoms with E-state index in [9.17, 15) is 18.0 Å². The summed E-state index contributed by atoms with van der Waals surface area (Å²) in [7, 11) is 1.14. The van der Waals surface area contributed by atoms with Crippen LogP contribution in [0.25, 0.3) is 0 Å². The zero-order valence-electron chi connectivity index (χ0n) is 10.1. The second-order valence-electron chi connectivity index (χ2n) is 3.55. The topological polar surface area (TPSA) is 68.5 Å². The third-order valence-corrected chi connectivity index (χ3v) is 2.31. The van der Waals surface area contributed by atoms with Crippen LogP contribution in [0.2, 0.25) is 0 Å². The maximum atomic E-state index is 13.1. The van der Waals surface area contributed by atoms with Crippen LogP contribution in [0.1, 0.15) is 10.4 Å².